The lowest BCUT2D eigenvalue weighted by atomic mass is 9.93. The summed E-state index contributed by atoms with van der Waals surface area (Å²) in [4.78, 5) is 12.2. The zero-order valence-electron chi connectivity index (χ0n) is 10.4. The Bertz CT molecular complexity index is 699. The fraction of sp³-hybridized carbons (Fsp3) is 0.200. The van der Waals surface area contributed by atoms with Crippen LogP contribution in [0.25, 0.3) is 11.0 Å². The highest BCUT2D eigenvalue weighted by Gasteiger charge is 2.22. The molecule has 1 unspecified atom stereocenters. The van der Waals surface area contributed by atoms with Crippen molar-refractivity contribution in [1.29, 1.82) is 0 Å². The van der Waals surface area contributed by atoms with Crippen LogP contribution in [0.15, 0.2) is 42.7 Å². The van der Waals surface area contributed by atoms with Crippen molar-refractivity contribution >= 4 is 16.7 Å². The van der Waals surface area contributed by atoms with Crippen molar-refractivity contribution in [2.45, 2.75) is 12.3 Å². The second kappa shape index (κ2) is 4.09. The van der Waals surface area contributed by atoms with Gasteiger partial charge >= 0.3 is 0 Å². The summed E-state index contributed by atoms with van der Waals surface area (Å²) in [6.45, 7) is 0.921. The number of imidazole rings is 1. The summed E-state index contributed by atoms with van der Waals surface area (Å²) in [5.41, 5.74) is 4.61. The van der Waals surface area contributed by atoms with Gasteiger partial charge in [-0.15, -0.1) is 0 Å². The van der Waals surface area contributed by atoms with Gasteiger partial charge < -0.3 is 10.3 Å². The minimum absolute atomic E-state index is 0.391. The molecule has 2 aromatic heterocycles. The molecule has 0 bridgehead atoms. The summed E-state index contributed by atoms with van der Waals surface area (Å²) in [5.74, 6) is 1.44. The number of hydrogen-bond donors (Lipinski definition) is 2. The quantitative estimate of drug-likeness (QED) is 0.698. The van der Waals surface area contributed by atoms with Gasteiger partial charge in [0, 0.05) is 24.3 Å². The molecule has 0 aliphatic carbocycles. The Kier molecular flexibility index (Phi) is 2.27. The Morgan fingerprint density at radius 2 is 2.11 bits per heavy atom. The minimum Gasteiger partial charge on any atom is -0.384 e. The predicted octanol–water partition coefficient (Wildman–Crippen LogP) is 2.71. The molecule has 1 atom stereocenters. The zero-order chi connectivity index (χ0) is 12.7. The van der Waals surface area contributed by atoms with Crippen molar-refractivity contribution in [3.05, 3.63) is 54.1 Å². The number of anilines is 1. The number of pyridine rings is 1. The molecule has 94 valence electrons. The molecule has 1 aliphatic heterocycles. The molecule has 0 fully saturated rings. The summed E-state index contributed by atoms with van der Waals surface area (Å²) >= 11 is 0. The fourth-order valence-electron chi connectivity index (χ4n) is 2.70. The van der Waals surface area contributed by atoms with E-state index in [1.165, 1.54) is 11.3 Å². The van der Waals surface area contributed by atoms with Crippen LogP contribution >= 0.6 is 0 Å². The van der Waals surface area contributed by atoms with E-state index in [9.17, 15) is 0 Å². The zero-order valence-corrected chi connectivity index (χ0v) is 10.4. The second-order valence-corrected chi connectivity index (χ2v) is 4.95. The van der Waals surface area contributed by atoms with Crippen LogP contribution in [0, 0.1) is 0 Å². The van der Waals surface area contributed by atoms with Crippen molar-refractivity contribution < 1.29 is 0 Å². The molecule has 0 spiro atoms. The van der Waals surface area contributed by atoms with Gasteiger partial charge in [-0.3, -0.25) is 4.98 Å². The smallest absolute Gasteiger partial charge is 0.112 e. The minimum atomic E-state index is 0.391. The molecule has 19 heavy (non-hydrogen) atoms. The lowest BCUT2D eigenvalue weighted by Gasteiger charge is -2.24. The van der Waals surface area contributed by atoms with Crippen LogP contribution in [-0.2, 0) is 6.42 Å². The van der Waals surface area contributed by atoms with Gasteiger partial charge in [-0.1, -0.05) is 18.2 Å². The molecule has 1 aliphatic rings. The van der Waals surface area contributed by atoms with Gasteiger partial charge in [0.1, 0.15) is 5.82 Å². The largest absolute Gasteiger partial charge is 0.384 e. The summed E-state index contributed by atoms with van der Waals surface area (Å²) in [7, 11) is 0. The third-order valence-corrected chi connectivity index (χ3v) is 3.71. The number of aromatic amines is 1. The summed E-state index contributed by atoms with van der Waals surface area (Å²) < 4.78 is 0. The molecule has 0 saturated heterocycles. The van der Waals surface area contributed by atoms with E-state index in [1.807, 2.05) is 12.3 Å². The standard InChI is InChI=1S/C15H14N4/c1-2-4-12-10(3-1)7-11(8-17-12)15-18-13-5-6-16-9-14(13)19-15/h1-6,9,11,17H,7-8H2,(H,18,19). The normalized spacial score (nSPS) is 18.0. The Morgan fingerprint density at radius 1 is 1.16 bits per heavy atom. The monoisotopic (exact) mass is 250 g/mol. The Morgan fingerprint density at radius 3 is 3.05 bits per heavy atom. The van der Waals surface area contributed by atoms with Crippen molar-refractivity contribution in [2.24, 2.45) is 0 Å². The first-order valence-electron chi connectivity index (χ1n) is 6.51. The Labute approximate surface area is 110 Å². The van der Waals surface area contributed by atoms with E-state index in [0.717, 1.165) is 29.8 Å². The van der Waals surface area contributed by atoms with Gasteiger partial charge in [0.05, 0.1) is 17.2 Å². The number of para-hydroxylation sites is 1. The molecule has 0 saturated carbocycles. The molecule has 4 rings (SSSR count). The average molecular weight is 250 g/mol. The highest BCUT2D eigenvalue weighted by atomic mass is 15.0. The number of H-pyrrole nitrogens is 1. The number of benzene rings is 1. The van der Waals surface area contributed by atoms with Gasteiger partial charge in [0.25, 0.3) is 0 Å². The van der Waals surface area contributed by atoms with E-state index in [2.05, 4.69) is 44.5 Å². The SMILES string of the molecule is c1ccc2c(c1)CC(c1nc3ccncc3[nH]1)CN2. The van der Waals surface area contributed by atoms with Crippen LogP contribution < -0.4 is 5.32 Å². The van der Waals surface area contributed by atoms with E-state index in [0.29, 0.717) is 5.92 Å². The number of rotatable bonds is 1. The van der Waals surface area contributed by atoms with Crippen LogP contribution in [0.2, 0.25) is 0 Å². The number of nitrogens with zero attached hydrogens (tertiary/aromatic N) is 2. The van der Waals surface area contributed by atoms with E-state index in [-0.39, 0.29) is 0 Å². The molecule has 3 aromatic rings. The third-order valence-electron chi connectivity index (χ3n) is 3.71. The van der Waals surface area contributed by atoms with Crippen molar-refractivity contribution in [1.82, 2.24) is 15.0 Å². The van der Waals surface area contributed by atoms with Crippen molar-refractivity contribution in [3.63, 3.8) is 0 Å². The molecular formula is C15H14N4. The maximum absolute atomic E-state index is 4.67. The van der Waals surface area contributed by atoms with Crippen LogP contribution in [0.3, 0.4) is 0 Å². The summed E-state index contributed by atoms with van der Waals surface area (Å²) in [6, 6.07) is 10.4. The lowest BCUT2D eigenvalue weighted by molar-refractivity contribution is 0.659. The van der Waals surface area contributed by atoms with Gasteiger partial charge in [0.15, 0.2) is 0 Å². The molecule has 0 amide bonds. The average Bonchev–Trinajstić information content (AvgIpc) is 2.90. The van der Waals surface area contributed by atoms with Gasteiger partial charge in [0.2, 0.25) is 0 Å². The van der Waals surface area contributed by atoms with Crippen LogP contribution in [0.1, 0.15) is 17.3 Å². The second-order valence-electron chi connectivity index (χ2n) is 4.95. The first-order valence-corrected chi connectivity index (χ1v) is 6.51. The van der Waals surface area contributed by atoms with E-state index < -0.39 is 0 Å². The highest BCUT2D eigenvalue weighted by Crippen LogP contribution is 2.29. The molecule has 3 heterocycles. The fourth-order valence-corrected chi connectivity index (χ4v) is 2.70. The molecule has 4 nitrogen and oxygen atoms in total. The van der Waals surface area contributed by atoms with Crippen LogP contribution in [-0.4, -0.2) is 21.5 Å². The first kappa shape index (κ1) is 10.6. The molecule has 0 radical (unpaired) electrons. The first-order chi connectivity index (χ1) is 9.40. The number of hydrogen-bond acceptors (Lipinski definition) is 3. The number of nitrogens with one attached hydrogen (secondary N) is 2. The Hall–Kier alpha value is -2.36. The molecule has 4 heteroatoms. The van der Waals surface area contributed by atoms with Crippen molar-refractivity contribution in [3.8, 4) is 0 Å². The Balaban J connectivity index is 1.70. The molecular weight excluding hydrogens is 236 g/mol. The van der Waals surface area contributed by atoms with Gasteiger partial charge in [-0.25, -0.2) is 4.98 Å². The number of fused-ring (bicyclic) bond motifs is 2. The highest BCUT2D eigenvalue weighted by molar-refractivity contribution is 5.73. The van der Waals surface area contributed by atoms with Crippen LogP contribution in [0.4, 0.5) is 5.69 Å². The maximum atomic E-state index is 4.67. The van der Waals surface area contributed by atoms with Crippen molar-refractivity contribution in [2.75, 3.05) is 11.9 Å². The van der Waals surface area contributed by atoms with Gasteiger partial charge in [-0.2, -0.15) is 0 Å². The van der Waals surface area contributed by atoms with E-state index in [4.69, 9.17) is 0 Å². The van der Waals surface area contributed by atoms with Gasteiger partial charge in [-0.05, 0) is 24.1 Å². The van der Waals surface area contributed by atoms with Crippen LogP contribution in [0.5, 0.6) is 0 Å². The summed E-state index contributed by atoms with van der Waals surface area (Å²) in [6.07, 6.45) is 4.63. The molecule has 2 N–H and O–H groups in total. The molecule has 1 aromatic carbocycles. The topological polar surface area (TPSA) is 53.6 Å². The maximum Gasteiger partial charge on any atom is 0.112 e. The summed E-state index contributed by atoms with van der Waals surface area (Å²) in [5, 5.41) is 3.48. The van der Waals surface area contributed by atoms with E-state index >= 15 is 0 Å². The lowest BCUT2D eigenvalue weighted by Crippen LogP contribution is -2.22. The predicted molar refractivity (Wildman–Crippen MR) is 75.3 cm³/mol. The number of aromatic nitrogens is 3. The third kappa shape index (κ3) is 1.76. The van der Waals surface area contributed by atoms with E-state index in [1.54, 1.807) is 6.20 Å².